The summed E-state index contributed by atoms with van der Waals surface area (Å²) in [4.78, 5) is 13.2. The Morgan fingerprint density at radius 3 is 2.31 bits per heavy atom. The van der Waals surface area contributed by atoms with Gasteiger partial charge in [-0.2, -0.15) is 4.37 Å². The van der Waals surface area contributed by atoms with Gasteiger partial charge < -0.3 is 0 Å². The van der Waals surface area contributed by atoms with Crippen LogP contribution in [0.1, 0.15) is 0 Å². The number of hydrogen-bond acceptors (Lipinski definition) is 5. The molecule has 0 saturated carbocycles. The molecule has 2 rings (SSSR count). The smallest absolute Gasteiger partial charge is 0.296 e. The summed E-state index contributed by atoms with van der Waals surface area (Å²) in [6, 6.07) is 5.79. The quantitative estimate of drug-likeness (QED) is 0.798. The molecule has 0 aliphatic heterocycles. The van der Waals surface area contributed by atoms with Gasteiger partial charge in [0.25, 0.3) is 0 Å². The van der Waals surface area contributed by atoms with E-state index < -0.39 is 10.0 Å². The maximum absolute atomic E-state index is 11.0. The molecule has 1 aromatic heterocycles. The van der Waals surface area contributed by atoms with Crippen LogP contribution in [-0.2, 0) is 10.0 Å². The van der Waals surface area contributed by atoms with E-state index in [1.807, 2.05) is 0 Å². The first-order valence-corrected chi connectivity index (χ1v) is 6.48. The summed E-state index contributed by atoms with van der Waals surface area (Å²) in [6.07, 6.45) is 0. The number of aromatic nitrogens is 2. The molecule has 16 heavy (non-hydrogen) atoms. The zero-order valence-electron chi connectivity index (χ0n) is 7.88. The van der Waals surface area contributed by atoms with Gasteiger partial charge in [-0.1, -0.05) is 0 Å². The first-order valence-electron chi connectivity index (χ1n) is 4.16. The van der Waals surface area contributed by atoms with E-state index in [4.69, 9.17) is 5.14 Å². The lowest BCUT2D eigenvalue weighted by atomic mass is 10.2. The SMILES string of the molecule is NS(=O)(=O)c1ccc(-c2nsc(=O)[nH]2)cc1. The van der Waals surface area contributed by atoms with Crippen molar-refractivity contribution in [3.05, 3.63) is 33.9 Å². The van der Waals surface area contributed by atoms with E-state index in [2.05, 4.69) is 9.36 Å². The lowest BCUT2D eigenvalue weighted by Gasteiger charge is -1.99. The molecule has 0 aliphatic carbocycles. The van der Waals surface area contributed by atoms with E-state index >= 15 is 0 Å². The number of rotatable bonds is 2. The number of nitrogens with one attached hydrogen (secondary N) is 1. The fourth-order valence-corrected chi connectivity index (χ4v) is 2.14. The Kier molecular flexibility index (Phi) is 2.62. The third-order valence-corrected chi connectivity index (χ3v) is 3.37. The molecule has 0 radical (unpaired) electrons. The minimum atomic E-state index is -3.69. The number of sulfonamides is 1. The highest BCUT2D eigenvalue weighted by Gasteiger charge is 2.08. The van der Waals surface area contributed by atoms with E-state index in [9.17, 15) is 13.2 Å². The van der Waals surface area contributed by atoms with E-state index in [-0.39, 0.29) is 9.77 Å². The van der Waals surface area contributed by atoms with Crippen LogP contribution in [0.15, 0.2) is 34.0 Å². The first-order chi connectivity index (χ1) is 7.47. The third kappa shape index (κ3) is 2.18. The van der Waals surface area contributed by atoms with Crippen molar-refractivity contribution in [2.24, 2.45) is 5.14 Å². The van der Waals surface area contributed by atoms with Crippen LogP contribution in [0.3, 0.4) is 0 Å². The Morgan fingerprint density at radius 2 is 1.88 bits per heavy atom. The minimum Gasteiger partial charge on any atom is -0.296 e. The number of primary sulfonamides is 1. The summed E-state index contributed by atoms with van der Waals surface area (Å²) in [5.74, 6) is 0.413. The van der Waals surface area contributed by atoms with Gasteiger partial charge in [-0.15, -0.1) is 0 Å². The normalized spacial score (nSPS) is 11.6. The highest BCUT2D eigenvalue weighted by molar-refractivity contribution is 7.89. The molecular formula is C8H7N3O3S2. The number of H-pyrrole nitrogens is 1. The first kappa shape index (κ1) is 11.0. The standard InChI is InChI=1S/C8H7N3O3S2/c9-16(13,14)6-3-1-5(2-4-6)7-10-8(12)15-11-7/h1-4H,(H2,9,13,14)(H,10,11,12). The van der Waals surface area contributed by atoms with Crippen molar-refractivity contribution < 1.29 is 8.42 Å². The number of benzene rings is 1. The second-order valence-electron chi connectivity index (χ2n) is 3.01. The lowest BCUT2D eigenvalue weighted by Crippen LogP contribution is -2.11. The van der Waals surface area contributed by atoms with Crippen LogP contribution in [0.2, 0.25) is 0 Å². The second kappa shape index (κ2) is 3.81. The maximum atomic E-state index is 11.0. The third-order valence-electron chi connectivity index (χ3n) is 1.90. The molecule has 0 amide bonds. The molecule has 8 heteroatoms. The largest absolute Gasteiger partial charge is 0.323 e. The Bertz CT molecular complexity index is 654. The lowest BCUT2D eigenvalue weighted by molar-refractivity contribution is 0.598. The van der Waals surface area contributed by atoms with Gasteiger partial charge in [-0.3, -0.25) is 9.78 Å². The van der Waals surface area contributed by atoms with E-state index in [0.717, 1.165) is 11.5 Å². The van der Waals surface area contributed by atoms with Crippen LogP contribution in [0.5, 0.6) is 0 Å². The van der Waals surface area contributed by atoms with Gasteiger partial charge >= 0.3 is 4.87 Å². The van der Waals surface area contributed by atoms with Crippen LogP contribution in [0, 0.1) is 0 Å². The summed E-state index contributed by atoms with van der Waals surface area (Å²) in [7, 11) is -3.69. The summed E-state index contributed by atoms with van der Waals surface area (Å²) in [5, 5.41) is 4.95. The Hall–Kier alpha value is -1.51. The molecular weight excluding hydrogens is 250 g/mol. The van der Waals surface area contributed by atoms with E-state index in [0.29, 0.717) is 11.4 Å². The number of aromatic amines is 1. The molecule has 1 aromatic carbocycles. The molecule has 0 spiro atoms. The molecule has 84 valence electrons. The molecule has 0 bridgehead atoms. The molecule has 3 N–H and O–H groups in total. The molecule has 0 unspecified atom stereocenters. The van der Waals surface area contributed by atoms with Crippen LogP contribution in [0.4, 0.5) is 0 Å². The molecule has 0 aliphatic rings. The number of nitrogens with two attached hydrogens (primary N) is 1. The average molecular weight is 257 g/mol. The zero-order valence-corrected chi connectivity index (χ0v) is 9.51. The van der Waals surface area contributed by atoms with Crippen LogP contribution < -0.4 is 10.0 Å². The minimum absolute atomic E-state index is 0.0221. The Balaban J connectivity index is 2.44. The fourth-order valence-electron chi connectivity index (χ4n) is 1.16. The van der Waals surface area contributed by atoms with E-state index in [1.165, 1.54) is 24.3 Å². The topological polar surface area (TPSA) is 106 Å². The predicted molar refractivity (Wildman–Crippen MR) is 59.5 cm³/mol. The fraction of sp³-hybridized carbons (Fsp3) is 0. The van der Waals surface area contributed by atoms with Crippen molar-refractivity contribution in [1.29, 1.82) is 0 Å². The van der Waals surface area contributed by atoms with Crippen molar-refractivity contribution in [3.8, 4) is 11.4 Å². The zero-order chi connectivity index (χ0) is 11.8. The Labute approximate surface area is 95.0 Å². The van der Waals surface area contributed by atoms with Crippen LogP contribution in [-0.4, -0.2) is 17.8 Å². The summed E-state index contributed by atoms with van der Waals surface area (Å²) in [6.45, 7) is 0. The molecule has 0 saturated heterocycles. The Morgan fingerprint density at radius 1 is 1.25 bits per heavy atom. The van der Waals surface area contributed by atoms with Gasteiger partial charge in [0, 0.05) is 17.1 Å². The van der Waals surface area contributed by atoms with Crippen molar-refractivity contribution in [3.63, 3.8) is 0 Å². The van der Waals surface area contributed by atoms with Crippen LogP contribution in [0.25, 0.3) is 11.4 Å². The number of nitrogens with zero attached hydrogens (tertiary/aromatic N) is 1. The molecule has 1 heterocycles. The summed E-state index contributed by atoms with van der Waals surface area (Å²) < 4.78 is 25.9. The monoisotopic (exact) mass is 257 g/mol. The van der Waals surface area contributed by atoms with Gasteiger partial charge in [-0.05, 0) is 24.3 Å². The summed E-state index contributed by atoms with van der Waals surface area (Å²) in [5.41, 5.74) is 0.630. The highest BCUT2D eigenvalue weighted by atomic mass is 32.2. The van der Waals surface area contributed by atoms with Crippen molar-refractivity contribution in [2.75, 3.05) is 0 Å². The number of hydrogen-bond donors (Lipinski definition) is 2. The maximum Gasteiger partial charge on any atom is 0.323 e. The highest BCUT2D eigenvalue weighted by Crippen LogP contribution is 2.16. The van der Waals surface area contributed by atoms with Crippen LogP contribution >= 0.6 is 11.5 Å². The van der Waals surface area contributed by atoms with Gasteiger partial charge in [0.05, 0.1) is 4.90 Å². The second-order valence-corrected chi connectivity index (χ2v) is 5.31. The average Bonchev–Trinajstić information content (AvgIpc) is 2.64. The van der Waals surface area contributed by atoms with Gasteiger partial charge in [0.2, 0.25) is 10.0 Å². The molecule has 0 fully saturated rings. The molecule has 2 aromatic rings. The molecule has 6 nitrogen and oxygen atoms in total. The predicted octanol–water partition coefficient (Wildman–Crippen LogP) is 0.146. The van der Waals surface area contributed by atoms with Crippen molar-refractivity contribution in [1.82, 2.24) is 9.36 Å². The van der Waals surface area contributed by atoms with Gasteiger partial charge in [0.15, 0.2) is 5.82 Å². The molecule has 0 atom stereocenters. The van der Waals surface area contributed by atoms with Gasteiger partial charge in [0.1, 0.15) is 0 Å². The van der Waals surface area contributed by atoms with E-state index in [1.54, 1.807) is 0 Å². The summed E-state index contributed by atoms with van der Waals surface area (Å²) >= 11 is 0.805. The van der Waals surface area contributed by atoms with Gasteiger partial charge in [-0.25, -0.2) is 13.6 Å². The van der Waals surface area contributed by atoms with Crippen molar-refractivity contribution >= 4 is 21.6 Å². The van der Waals surface area contributed by atoms with Crippen molar-refractivity contribution in [2.45, 2.75) is 4.90 Å².